The summed E-state index contributed by atoms with van der Waals surface area (Å²) in [4.78, 5) is 14.0. The zero-order valence-corrected chi connectivity index (χ0v) is 18.0. The molecule has 0 saturated heterocycles. The number of para-hydroxylation sites is 2. The van der Waals surface area contributed by atoms with Crippen molar-refractivity contribution in [3.63, 3.8) is 0 Å². The number of rotatable bonds is 6. The number of benzene rings is 2. The lowest BCUT2D eigenvalue weighted by Crippen LogP contribution is -2.56. The summed E-state index contributed by atoms with van der Waals surface area (Å²) in [5.41, 5.74) is 6.99. The maximum Gasteiger partial charge on any atom is 0.263 e. The Balaban J connectivity index is 1.69. The first-order valence-electron chi connectivity index (χ1n) is 10.3. The van der Waals surface area contributed by atoms with Crippen LogP contribution in [-0.4, -0.2) is 22.9 Å². The lowest BCUT2D eigenvalue weighted by Gasteiger charge is -2.32. The smallest absolute Gasteiger partial charge is 0.263 e. The number of aromatic nitrogens is 2. The molecule has 0 radical (unpaired) electrons. The van der Waals surface area contributed by atoms with Crippen LogP contribution in [0.15, 0.2) is 71.9 Å². The van der Waals surface area contributed by atoms with Crippen LogP contribution >= 0.6 is 0 Å². The first-order valence-corrected chi connectivity index (χ1v) is 10.3. The van der Waals surface area contributed by atoms with E-state index in [0.717, 1.165) is 23.7 Å². The van der Waals surface area contributed by atoms with Gasteiger partial charge in [0.15, 0.2) is 5.69 Å². The van der Waals surface area contributed by atoms with Crippen LogP contribution in [0.2, 0.25) is 0 Å². The van der Waals surface area contributed by atoms with E-state index in [1.54, 1.807) is 6.20 Å². The number of aliphatic imine (C=N–C) groups is 1. The van der Waals surface area contributed by atoms with Crippen molar-refractivity contribution in [3.05, 3.63) is 72.4 Å². The Labute approximate surface area is 178 Å². The number of anilines is 1. The average molecular weight is 402 g/mol. The summed E-state index contributed by atoms with van der Waals surface area (Å²) in [7, 11) is 0. The highest BCUT2D eigenvalue weighted by atomic mass is 15.7. The van der Waals surface area contributed by atoms with Gasteiger partial charge in [0.1, 0.15) is 5.69 Å². The largest absolute Gasteiger partial charge is 0.348 e. The van der Waals surface area contributed by atoms with E-state index in [1.807, 2.05) is 48.8 Å². The van der Waals surface area contributed by atoms with Gasteiger partial charge in [0, 0.05) is 18.3 Å². The molecule has 1 aromatic heterocycles. The summed E-state index contributed by atoms with van der Waals surface area (Å²) >= 11 is 0. The predicted octanol–water partition coefficient (Wildman–Crippen LogP) is 5.51. The molecule has 4 rings (SSSR count). The molecule has 6 heteroatoms. The fraction of sp³-hybridized carbons (Fsp3) is 0.292. The average Bonchev–Trinajstić information content (AvgIpc) is 3.13. The summed E-state index contributed by atoms with van der Waals surface area (Å²) in [6.45, 7) is 9.54. The first kappa shape index (κ1) is 20.2. The van der Waals surface area contributed by atoms with E-state index in [0.29, 0.717) is 5.95 Å². The summed E-state index contributed by atoms with van der Waals surface area (Å²) < 4.78 is 0.268. The predicted molar refractivity (Wildman–Crippen MR) is 124 cm³/mol. The number of hydrogen-bond donors (Lipinski definition) is 2. The lowest BCUT2D eigenvalue weighted by molar-refractivity contribution is 0.303. The summed E-state index contributed by atoms with van der Waals surface area (Å²) in [5.74, 6) is 1.42. The third-order valence-electron chi connectivity index (χ3n) is 5.14. The molecule has 2 aromatic carbocycles. The van der Waals surface area contributed by atoms with E-state index < -0.39 is 0 Å². The molecule has 2 heterocycles. The van der Waals surface area contributed by atoms with Crippen LogP contribution in [0.5, 0.6) is 0 Å². The molecule has 6 nitrogen and oxygen atoms in total. The van der Waals surface area contributed by atoms with Gasteiger partial charge < -0.3 is 5.32 Å². The number of nitrogens with zero attached hydrogens (tertiary/aromatic N) is 4. The van der Waals surface area contributed by atoms with Crippen molar-refractivity contribution < 1.29 is 0 Å². The van der Waals surface area contributed by atoms with Gasteiger partial charge in [-0.2, -0.15) is 9.98 Å². The second-order valence-corrected chi connectivity index (χ2v) is 8.87. The summed E-state index contributed by atoms with van der Waals surface area (Å²) in [6, 6.07) is 20.5. The van der Waals surface area contributed by atoms with E-state index in [-0.39, 0.29) is 16.0 Å². The van der Waals surface area contributed by atoms with Gasteiger partial charge >= 0.3 is 0 Å². The summed E-state index contributed by atoms with van der Waals surface area (Å²) in [6.07, 6.45) is 3.72. The van der Waals surface area contributed by atoms with Gasteiger partial charge in [-0.15, -0.1) is 10.0 Å². The number of quaternary nitrogens is 1. The molecular weight excluding hydrogens is 372 g/mol. The maximum absolute atomic E-state index is 4.89. The molecule has 0 spiro atoms. The zero-order chi connectivity index (χ0) is 21.2. The Morgan fingerprint density at radius 2 is 1.70 bits per heavy atom. The highest BCUT2D eigenvalue weighted by Gasteiger charge is 2.41. The van der Waals surface area contributed by atoms with Gasteiger partial charge in [-0.25, -0.2) is 4.98 Å². The molecule has 2 atom stereocenters. The Kier molecular flexibility index (Phi) is 5.37. The zero-order valence-electron chi connectivity index (χ0n) is 18.0. The van der Waals surface area contributed by atoms with Gasteiger partial charge in [-0.05, 0) is 24.0 Å². The molecule has 154 valence electrons. The molecule has 0 amide bonds. The van der Waals surface area contributed by atoms with Crippen molar-refractivity contribution >= 4 is 29.5 Å². The minimum Gasteiger partial charge on any atom is -0.348 e. The van der Waals surface area contributed by atoms with E-state index in [2.05, 4.69) is 66.6 Å². The van der Waals surface area contributed by atoms with Gasteiger partial charge in [0.05, 0.1) is 12.6 Å². The van der Waals surface area contributed by atoms with Crippen molar-refractivity contribution in [2.45, 2.75) is 33.7 Å². The second kappa shape index (κ2) is 7.97. The Bertz CT molecular complexity index is 1040. The molecule has 1 aliphatic heterocycles. The number of fused-ring (bicyclic) bond motifs is 1. The fourth-order valence-corrected chi connectivity index (χ4v) is 3.47. The SMILES string of the molecule is CC(Nc1nccc([N+]2(NCC(C)(C)C)C=Nc3ccccc32)n1)c1ccccc1. The van der Waals surface area contributed by atoms with Gasteiger partial charge in [-0.3, -0.25) is 0 Å². The van der Waals surface area contributed by atoms with E-state index >= 15 is 0 Å². The van der Waals surface area contributed by atoms with Crippen molar-refractivity contribution in [2.75, 3.05) is 11.9 Å². The fourth-order valence-electron chi connectivity index (χ4n) is 3.47. The van der Waals surface area contributed by atoms with Crippen LogP contribution < -0.4 is 15.3 Å². The molecule has 3 aromatic rings. The van der Waals surface area contributed by atoms with Crippen molar-refractivity contribution in [2.24, 2.45) is 10.4 Å². The highest BCUT2D eigenvalue weighted by Crippen LogP contribution is 2.42. The number of nitrogens with one attached hydrogen (secondary N) is 2. The second-order valence-electron chi connectivity index (χ2n) is 8.87. The van der Waals surface area contributed by atoms with Gasteiger partial charge in [0.25, 0.3) is 5.82 Å². The molecule has 0 aliphatic carbocycles. The van der Waals surface area contributed by atoms with Crippen LogP contribution in [-0.2, 0) is 0 Å². The maximum atomic E-state index is 4.89. The van der Waals surface area contributed by atoms with Gasteiger partial charge in [-0.1, -0.05) is 63.2 Å². The normalized spacial score (nSPS) is 18.8. The highest BCUT2D eigenvalue weighted by molar-refractivity contribution is 5.93. The molecular formula is C24H29N6+. The molecule has 0 bridgehead atoms. The van der Waals surface area contributed by atoms with E-state index in [4.69, 9.17) is 4.98 Å². The van der Waals surface area contributed by atoms with Crippen molar-refractivity contribution in [1.82, 2.24) is 20.0 Å². The van der Waals surface area contributed by atoms with Crippen LogP contribution in [0.4, 0.5) is 23.1 Å². The minimum atomic E-state index is 0.0944. The quantitative estimate of drug-likeness (QED) is 0.535. The molecule has 2 unspecified atom stereocenters. The van der Waals surface area contributed by atoms with Gasteiger partial charge in [0.2, 0.25) is 12.3 Å². The lowest BCUT2D eigenvalue weighted by atomic mass is 9.97. The van der Waals surface area contributed by atoms with E-state index in [1.165, 1.54) is 5.56 Å². The molecule has 0 fully saturated rings. The molecule has 1 aliphatic rings. The standard InChI is InChI=1S/C24H29N6/c1-18(19-10-6-5-7-11-19)28-23-25-15-14-22(29-23)30(27-16-24(2,3)4)17-26-20-12-8-9-13-21(20)30/h5-15,17-18,27H,16H2,1-4H3,(H,25,28,29)/q+1. The molecule has 0 saturated carbocycles. The van der Waals surface area contributed by atoms with E-state index in [9.17, 15) is 0 Å². The molecule has 30 heavy (non-hydrogen) atoms. The van der Waals surface area contributed by atoms with Crippen LogP contribution in [0.1, 0.15) is 39.3 Å². The number of hydrogen-bond acceptors (Lipinski definition) is 5. The third kappa shape index (κ3) is 4.10. The Hall–Kier alpha value is -3.09. The van der Waals surface area contributed by atoms with Crippen LogP contribution in [0, 0.1) is 5.41 Å². The van der Waals surface area contributed by atoms with Crippen molar-refractivity contribution in [3.8, 4) is 0 Å². The van der Waals surface area contributed by atoms with Crippen molar-refractivity contribution in [1.29, 1.82) is 0 Å². The summed E-state index contributed by atoms with van der Waals surface area (Å²) in [5, 5.41) is 3.43. The topological polar surface area (TPSA) is 62.2 Å². The first-order chi connectivity index (χ1) is 14.4. The Morgan fingerprint density at radius 3 is 2.47 bits per heavy atom. The third-order valence-corrected chi connectivity index (χ3v) is 5.14. The molecule has 2 N–H and O–H groups in total. The van der Waals surface area contributed by atoms with Crippen LogP contribution in [0.3, 0.4) is 0 Å². The van der Waals surface area contributed by atoms with Crippen LogP contribution in [0.25, 0.3) is 0 Å². The Morgan fingerprint density at radius 1 is 0.967 bits per heavy atom. The minimum absolute atomic E-state index is 0.0944. The monoisotopic (exact) mass is 401 g/mol.